The van der Waals surface area contributed by atoms with Gasteiger partial charge in [0.15, 0.2) is 0 Å². The number of hydrogen-bond donors (Lipinski definition) is 0. The highest BCUT2D eigenvalue weighted by atomic mass is 79.9. The number of aryl methyl sites for hydroxylation is 2. The summed E-state index contributed by atoms with van der Waals surface area (Å²) in [6.45, 7) is 9.40. The Kier molecular flexibility index (Phi) is 3.86. The summed E-state index contributed by atoms with van der Waals surface area (Å²) in [5.74, 6) is 0. The molecule has 1 unspecified atom stereocenters. The van der Waals surface area contributed by atoms with Crippen LogP contribution < -0.4 is 4.90 Å². The summed E-state index contributed by atoms with van der Waals surface area (Å²) in [6.07, 6.45) is 4.06. The average molecular weight is 323 g/mol. The zero-order valence-electron chi connectivity index (χ0n) is 12.0. The van der Waals surface area contributed by atoms with E-state index >= 15 is 0 Å². The summed E-state index contributed by atoms with van der Waals surface area (Å²) < 4.78 is 1.26. The fourth-order valence-electron chi connectivity index (χ4n) is 3.55. The highest BCUT2D eigenvalue weighted by molar-refractivity contribution is 9.10. The van der Waals surface area contributed by atoms with Crippen LogP contribution in [0.25, 0.3) is 0 Å². The fraction of sp³-hybridized carbons (Fsp3) is 0.625. The quantitative estimate of drug-likeness (QED) is 0.777. The van der Waals surface area contributed by atoms with Gasteiger partial charge in [-0.05, 0) is 62.9 Å². The molecule has 2 aliphatic heterocycles. The van der Waals surface area contributed by atoms with E-state index in [2.05, 4.69) is 51.7 Å². The first kappa shape index (κ1) is 13.4. The van der Waals surface area contributed by atoms with Crippen LogP contribution in [-0.2, 0) is 0 Å². The van der Waals surface area contributed by atoms with Gasteiger partial charge in [-0.1, -0.05) is 15.9 Å². The first-order valence-corrected chi connectivity index (χ1v) is 8.20. The molecule has 0 saturated carbocycles. The lowest BCUT2D eigenvalue weighted by molar-refractivity contribution is 0.273. The molecule has 1 aromatic rings. The van der Waals surface area contributed by atoms with Crippen LogP contribution in [-0.4, -0.2) is 37.1 Å². The van der Waals surface area contributed by atoms with E-state index in [0.717, 1.165) is 6.04 Å². The molecule has 0 radical (unpaired) electrons. The molecule has 2 saturated heterocycles. The van der Waals surface area contributed by atoms with E-state index in [1.807, 2.05) is 0 Å². The van der Waals surface area contributed by atoms with Crippen molar-refractivity contribution < 1.29 is 0 Å². The summed E-state index contributed by atoms with van der Waals surface area (Å²) in [4.78, 5) is 5.29. The Hall–Kier alpha value is -0.540. The summed E-state index contributed by atoms with van der Waals surface area (Å²) in [5.41, 5.74) is 4.11. The first-order valence-electron chi connectivity index (χ1n) is 7.41. The summed E-state index contributed by atoms with van der Waals surface area (Å²) in [5, 5.41) is 0. The Balaban J connectivity index is 1.85. The van der Waals surface area contributed by atoms with Crippen LogP contribution in [0.2, 0.25) is 0 Å². The summed E-state index contributed by atoms with van der Waals surface area (Å²) >= 11 is 3.67. The van der Waals surface area contributed by atoms with E-state index < -0.39 is 0 Å². The van der Waals surface area contributed by atoms with Crippen molar-refractivity contribution in [2.24, 2.45) is 0 Å². The van der Waals surface area contributed by atoms with Crippen LogP contribution in [0.5, 0.6) is 0 Å². The van der Waals surface area contributed by atoms with Crippen molar-refractivity contribution in [3.05, 3.63) is 27.7 Å². The van der Waals surface area contributed by atoms with Crippen LogP contribution in [0.15, 0.2) is 16.6 Å². The second kappa shape index (κ2) is 5.45. The van der Waals surface area contributed by atoms with E-state index in [9.17, 15) is 0 Å². The Labute approximate surface area is 124 Å². The second-order valence-corrected chi connectivity index (χ2v) is 6.82. The van der Waals surface area contributed by atoms with Gasteiger partial charge < -0.3 is 4.90 Å². The lowest BCUT2D eigenvalue weighted by Crippen LogP contribution is -2.36. The number of hydrogen-bond acceptors (Lipinski definition) is 2. The Bertz CT molecular complexity index is 449. The van der Waals surface area contributed by atoms with Crippen LogP contribution in [0, 0.1) is 13.8 Å². The van der Waals surface area contributed by atoms with Crippen molar-refractivity contribution in [1.29, 1.82) is 0 Å². The number of benzene rings is 1. The molecule has 3 heteroatoms. The first-order chi connectivity index (χ1) is 9.15. The van der Waals surface area contributed by atoms with Crippen molar-refractivity contribution in [3.8, 4) is 0 Å². The number of rotatable bonds is 1. The molecule has 2 nitrogen and oxygen atoms in total. The van der Waals surface area contributed by atoms with Crippen molar-refractivity contribution >= 4 is 21.6 Å². The van der Waals surface area contributed by atoms with E-state index in [0.29, 0.717) is 0 Å². The topological polar surface area (TPSA) is 6.48 Å². The molecule has 0 aromatic heterocycles. The molecule has 0 spiro atoms. The molecule has 0 aliphatic carbocycles. The van der Waals surface area contributed by atoms with Gasteiger partial charge in [0.1, 0.15) is 0 Å². The molecule has 0 N–H and O–H groups in total. The zero-order chi connectivity index (χ0) is 13.4. The lowest BCUT2D eigenvalue weighted by Gasteiger charge is -2.28. The Morgan fingerprint density at radius 2 is 1.74 bits per heavy atom. The van der Waals surface area contributed by atoms with Crippen molar-refractivity contribution in [1.82, 2.24) is 4.90 Å². The normalized spacial score (nSPS) is 24.4. The molecular formula is C16H23BrN2. The van der Waals surface area contributed by atoms with Gasteiger partial charge in [0.25, 0.3) is 0 Å². The molecular weight excluding hydrogens is 300 g/mol. The maximum Gasteiger partial charge on any atom is 0.0372 e. The van der Waals surface area contributed by atoms with Crippen LogP contribution in [0.3, 0.4) is 0 Å². The third-order valence-electron chi connectivity index (χ3n) is 4.59. The highest BCUT2D eigenvalue weighted by Crippen LogP contribution is 2.30. The van der Waals surface area contributed by atoms with Crippen molar-refractivity contribution in [3.63, 3.8) is 0 Å². The minimum absolute atomic E-state index is 0.784. The fourth-order valence-corrected chi connectivity index (χ4v) is 3.78. The summed E-state index contributed by atoms with van der Waals surface area (Å²) in [7, 11) is 0. The number of halogens is 1. The number of fused-ring (bicyclic) bond motifs is 1. The van der Waals surface area contributed by atoms with E-state index in [-0.39, 0.29) is 0 Å². The molecule has 1 atom stereocenters. The molecule has 0 amide bonds. The van der Waals surface area contributed by atoms with Gasteiger partial charge >= 0.3 is 0 Å². The van der Waals surface area contributed by atoms with Crippen LogP contribution in [0.4, 0.5) is 5.69 Å². The van der Waals surface area contributed by atoms with Gasteiger partial charge in [0, 0.05) is 35.8 Å². The predicted molar refractivity (Wildman–Crippen MR) is 85.0 cm³/mol. The molecule has 2 aliphatic rings. The largest absolute Gasteiger partial charge is 0.370 e. The van der Waals surface area contributed by atoms with Crippen molar-refractivity contribution in [2.45, 2.75) is 39.2 Å². The minimum Gasteiger partial charge on any atom is -0.370 e. The van der Waals surface area contributed by atoms with Gasteiger partial charge in [0.05, 0.1) is 0 Å². The van der Waals surface area contributed by atoms with Crippen molar-refractivity contribution in [2.75, 3.05) is 31.1 Å². The maximum atomic E-state index is 3.67. The van der Waals surface area contributed by atoms with Gasteiger partial charge in [-0.3, -0.25) is 4.90 Å². The molecule has 2 heterocycles. The van der Waals surface area contributed by atoms with E-state index in [4.69, 9.17) is 0 Å². The van der Waals surface area contributed by atoms with E-state index in [1.165, 1.54) is 66.7 Å². The number of anilines is 1. The smallest absolute Gasteiger partial charge is 0.0372 e. The zero-order valence-corrected chi connectivity index (χ0v) is 13.5. The highest BCUT2D eigenvalue weighted by Gasteiger charge is 2.28. The third-order valence-corrected chi connectivity index (χ3v) is 5.84. The predicted octanol–water partition coefficient (Wildman–Crippen LogP) is 3.74. The second-order valence-electron chi connectivity index (χ2n) is 6.03. The third kappa shape index (κ3) is 2.68. The SMILES string of the molecule is Cc1cc(N2CCCN3CCCC3C2)cc(C)c1Br. The molecule has 3 rings (SSSR count). The average Bonchev–Trinajstić information content (AvgIpc) is 2.72. The van der Waals surface area contributed by atoms with Gasteiger partial charge in [0.2, 0.25) is 0 Å². The van der Waals surface area contributed by atoms with Gasteiger partial charge in [-0.25, -0.2) is 0 Å². The maximum absolute atomic E-state index is 3.67. The van der Waals surface area contributed by atoms with Crippen LogP contribution in [0.1, 0.15) is 30.4 Å². The van der Waals surface area contributed by atoms with Gasteiger partial charge in [-0.15, -0.1) is 0 Å². The van der Waals surface area contributed by atoms with Gasteiger partial charge in [-0.2, -0.15) is 0 Å². The molecule has 1 aromatic carbocycles. The monoisotopic (exact) mass is 322 g/mol. The molecule has 104 valence electrons. The standard InChI is InChI=1S/C16H23BrN2/c1-12-9-15(10-13(2)16(12)17)19-8-4-7-18-6-3-5-14(18)11-19/h9-10,14H,3-8,11H2,1-2H3. The minimum atomic E-state index is 0.784. The molecule has 2 fully saturated rings. The van der Waals surface area contributed by atoms with Crippen LogP contribution >= 0.6 is 15.9 Å². The molecule has 19 heavy (non-hydrogen) atoms. The summed E-state index contributed by atoms with van der Waals surface area (Å²) in [6, 6.07) is 5.45. The lowest BCUT2D eigenvalue weighted by atomic mass is 10.1. The Morgan fingerprint density at radius 1 is 1.05 bits per heavy atom. The molecule has 0 bridgehead atoms. The van der Waals surface area contributed by atoms with E-state index in [1.54, 1.807) is 0 Å². The Morgan fingerprint density at radius 3 is 2.47 bits per heavy atom. The number of nitrogens with zero attached hydrogens (tertiary/aromatic N) is 2.